The largest absolute Gasteiger partial charge is 0.461 e. The molecular weight excluding hydrogens is 367 g/mol. The van der Waals surface area contributed by atoms with E-state index in [9.17, 15) is 14.0 Å². The minimum atomic E-state index is -0.735. The highest BCUT2D eigenvalue weighted by atomic mass is 32.1. The second kappa shape index (κ2) is 8.69. The van der Waals surface area contributed by atoms with Crippen LogP contribution in [0.2, 0.25) is 0 Å². The zero-order valence-corrected chi connectivity index (χ0v) is 16.5. The third-order valence-electron chi connectivity index (χ3n) is 4.96. The summed E-state index contributed by atoms with van der Waals surface area (Å²) in [6.07, 6.45) is 1.84. The normalized spacial score (nSPS) is 19.7. The first-order valence-electron chi connectivity index (χ1n) is 9.27. The summed E-state index contributed by atoms with van der Waals surface area (Å²) < 4.78 is 19.0. The summed E-state index contributed by atoms with van der Waals surface area (Å²) in [5.41, 5.74) is 0. The van der Waals surface area contributed by atoms with Gasteiger partial charge in [0.1, 0.15) is 17.7 Å². The average molecular weight is 392 g/mol. The molecule has 1 N–H and O–H groups in total. The number of alkyl halides is 1. The highest BCUT2D eigenvalue weighted by Crippen LogP contribution is 2.31. The van der Waals surface area contributed by atoms with Crippen molar-refractivity contribution in [2.45, 2.75) is 38.8 Å². The van der Waals surface area contributed by atoms with Crippen LogP contribution >= 0.6 is 11.3 Å². The van der Waals surface area contributed by atoms with Crippen molar-refractivity contribution in [2.75, 3.05) is 20.1 Å². The monoisotopic (exact) mass is 392 g/mol. The van der Waals surface area contributed by atoms with Gasteiger partial charge in [-0.3, -0.25) is 9.59 Å². The summed E-state index contributed by atoms with van der Waals surface area (Å²) in [4.78, 5) is 28.0. The van der Waals surface area contributed by atoms with Gasteiger partial charge >= 0.3 is 0 Å². The van der Waals surface area contributed by atoms with Gasteiger partial charge in [-0.05, 0) is 62.8 Å². The van der Waals surface area contributed by atoms with E-state index in [-0.39, 0.29) is 24.3 Å². The van der Waals surface area contributed by atoms with E-state index in [1.54, 1.807) is 18.0 Å². The topological polar surface area (TPSA) is 62.6 Å². The molecule has 1 saturated carbocycles. The van der Waals surface area contributed by atoms with Crippen molar-refractivity contribution in [1.82, 2.24) is 10.2 Å². The van der Waals surface area contributed by atoms with Gasteiger partial charge in [0.2, 0.25) is 5.91 Å². The fourth-order valence-corrected chi connectivity index (χ4v) is 4.33. The summed E-state index contributed by atoms with van der Waals surface area (Å²) in [6.45, 7) is 2.37. The summed E-state index contributed by atoms with van der Waals surface area (Å²) in [5, 5.41) is 2.58. The quantitative estimate of drug-likeness (QED) is 0.807. The Morgan fingerprint density at radius 3 is 2.59 bits per heavy atom. The second-order valence-corrected chi connectivity index (χ2v) is 8.13. The molecule has 1 fully saturated rings. The standard InChI is InChI=1S/C20H25FN2O3S/c1-13-3-8-16(26-13)17-9-10-18(27-17)20(25)23(12-19(24)22-2)11-14-4-6-15(21)7-5-14/h3,8-10,14-15H,4-7,11-12H2,1-2H3,(H,22,24). The maximum atomic E-state index is 13.4. The third kappa shape index (κ3) is 4.97. The molecule has 1 aliphatic carbocycles. The number of furan rings is 1. The maximum Gasteiger partial charge on any atom is 0.264 e. The van der Waals surface area contributed by atoms with E-state index >= 15 is 0 Å². The van der Waals surface area contributed by atoms with Crippen molar-refractivity contribution in [3.63, 3.8) is 0 Å². The molecule has 0 aliphatic heterocycles. The molecule has 0 radical (unpaired) electrons. The number of rotatable bonds is 6. The molecule has 2 aromatic rings. The molecule has 27 heavy (non-hydrogen) atoms. The molecule has 146 valence electrons. The predicted octanol–water partition coefficient (Wildman–Crippen LogP) is 4.03. The molecule has 5 nitrogen and oxygen atoms in total. The van der Waals surface area contributed by atoms with E-state index in [1.165, 1.54) is 11.3 Å². The van der Waals surface area contributed by atoms with Crippen LogP contribution in [0.5, 0.6) is 0 Å². The van der Waals surface area contributed by atoms with E-state index in [0.29, 0.717) is 24.3 Å². The van der Waals surface area contributed by atoms with Crippen LogP contribution in [0.1, 0.15) is 41.1 Å². The third-order valence-corrected chi connectivity index (χ3v) is 6.04. The van der Waals surface area contributed by atoms with Gasteiger partial charge in [0, 0.05) is 13.6 Å². The van der Waals surface area contributed by atoms with Crippen LogP contribution in [-0.2, 0) is 4.79 Å². The van der Waals surface area contributed by atoms with Crippen LogP contribution in [-0.4, -0.2) is 43.0 Å². The number of aryl methyl sites for hydroxylation is 1. The molecule has 0 atom stereocenters. The number of amides is 2. The molecular formula is C20H25FN2O3S. The van der Waals surface area contributed by atoms with Gasteiger partial charge in [-0.1, -0.05) is 0 Å². The Morgan fingerprint density at radius 2 is 1.96 bits per heavy atom. The summed E-state index contributed by atoms with van der Waals surface area (Å²) in [7, 11) is 1.56. The molecule has 0 saturated heterocycles. The molecule has 1 aliphatic rings. The number of nitrogens with zero attached hydrogens (tertiary/aromatic N) is 1. The van der Waals surface area contributed by atoms with Crippen LogP contribution in [0.4, 0.5) is 4.39 Å². The first-order valence-corrected chi connectivity index (χ1v) is 10.1. The Balaban J connectivity index is 1.73. The number of hydrogen-bond acceptors (Lipinski definition) is 4. The smallest absolute Gasteiger partial charge is 0.264 e. The minimum Gasteiger partial charge on any atom is -0.461 e. The Kier molecular flexibility index (Phi) is 6.31. The number of likely N-dealkylation sites (N-methyl/N-ethyl adjacent to an activating group) is 1. The number of carbonyl (C=O) groups excluding carboxylic acids is 2. The van der Waals surface area contributed by atoms with E-state index in [2.05, 4.69) is 5.32 Å². The molecule has 2 heterocycles. The van der Waals surface area contributed by atoms with Gasteiger partial charge in [0.15, 0.2) is 0 Å². The Labute approximate surface area is 162 Å². The maximum absolute atomic E-state index is 13.4. The number of thiophene rings is 1. The van der Waals surface area contributed by atoms with Crippen LogP contribution in [0, 0.1) is 12.8 Å². The average Bonchev–Trinajstić information content (AvgIpc) is 3.31. The van der Waals surface area contributed by atoms with Gasteiger partial charge in [-0.15, -0.1) is 11.3 Å². The summed E-state index contributed by atoms with van der Waals surface area (Å²) in [5.74, 6) is 1.41. The number of carbonyl (C=O) groups is 2. The predicted molar refractivity (Wildman–Crippen MR) is 104 cm³/mol. The van der Waals surface area contributed by atoms with Crippen LogP contribution in [0.15, 0.2) is 28.7 Å². The molecule has 0 bridgehead atoms. The van der Waals surface area contributed by atoms with Gasteiger partial charge < -0.3 is 14.6 Å². The minimum absolute atomic E-state index is 0.0119. The lowest BCUT2D eigenvalue weighted by Gasteiger charge is -2.30. The second-order valence-electron chi connectivity index (χ2n) is 7.05. The lowest BCUT2D eigenvalue weighted by atomic mass is 9.87. The molecule has 0 spiro atoms. The molecule has 7 heteroatoms. The van der Waals surface area contributed by atoms with Gasteiger partial charge in [0.05, 0.1) is 16.3 Å². The van der Waals surface area contributed by atoms with Crippen molar-refractivity contribution < 1.29 is 18.4 Å². The summed E-state index contributed by atoms with van der Waals surface area (Å²) in [6, 6.07) is 7.40. The van der Waals surface area contributed by atoms with E-state index in [1.807, 2.05) is 25.1 Å². The lowest BCUT2D eigenvalue weighted by Crippen LogP contribution is -2.42. The molecule has 3 rings (SSSR count). The Bertz CT molecular complexity index is 793. The Hall–Kier alpha value is -2.15. The number of nitrogens with one attached hydrogen (secondary N) is 1. The van der Waals surface area contributed by atoms with E-state index < -0.39 is 6.17 Å². The van der Waals surface area contributed by atoms with Crippen LogP contribution in [0.3, 0.4) is 0 Å². The lowest BCUT2D eigenvalue weighted by molar-refractivity contribution is -0.121. The van der Waals surface area contributed by atoms with Crippen molar-refractivity contribution in [3.05, 3.63) is 34.9 Å². The molecule has 2 amide bonds. The zero-order valence-electron chi connectivity index (χ0n) is 15.7. The highest BCUT2D eigenvalue weighted by molar-refractivity contribution is 7.17. The van der Waals surface area contributed by atoms with E-state index in [4.69, 9.17) is 4.42 Å². The van der Waals surface area contributed by atoms with Crippen molar-refractivity contribution in [3.8, 4) is 10.6 Å². The fourth-order valence-electron chi connectivity index (χ4n) is 3.40. The SMILES string of the molecule is CNC(=O)CN(CC1CCC(F)CC1)C(=O)c1ccc(-c2ccc(C)o2)s1. The Morgan fingerprint density at radius 1 is 1.22 bits per heavy atom. The summed E-state index contributed by atoms with van der Waals surface area (Å²) >= 11 is 1.36. The number of hydrogen-bond donors (Lipinski definition) is 1. The van der Waals surface area contributed by atoms with Crippen LogP contribution in [0.25, 0.3) is 10.6 Å². The highest BCUT2D eigenvalue weighted by Gasteiger charge is 2.27. The fraction of sp³-hybridized carbons (Fsp3) is 0.500. The van der Waals surface area contributed by atoms with Crippen molar-refractivity contribution in [2.24, 2.45) is 5.92 Å². The number of halogens is 1. The first kappa shape index (κ1) is 19.6. The molecule has 0 aromatic carbocycles. The van der Waals surface area contributed by atoms with Gasteiger partial charge in [-0.25, -0.2) is 4.39 Å². The van der Waals surface area contributed by atoms with Gasteiger partial charge in [0.25, 0.3) is 5.91 Å². The molecule has 0 unspecified atom stereocenters. The van der Waals surface area contributed by atoms with Crippen LogP contribution < -0.4 is 5.32 Å². The van der Waals surface area contributed by atoms with Gasteiger partial charge in [-0.2, -0.15) is 0 Å². The first-order chi connectivity index (χ1) is 13.0. The van der Waals surface area contributed by atoms with Crippen molar-refractivity contribution >= 4 is 23.2 Å². The van der Waals surface area contributed by atoms with E-state index in [0.717, 1.165) is 29.2 Å². The zero-order chi connectivity index (χ0) is 19.4. The molecule has 2 aromatic heterocycles. The van der Waals surface area contributed by atoms with Crippen molar-refractivity contribution in [1.29, 1.82) is 0 Å².